The van der Waals surface area contributed by atoms with E-state index in [2.05, 4.69) is 23.6 Å². The van der Waals surface area contributed by atoms with Crippen LogP contribution in [0.5, 0.6) is 0 Å². The van der Waals surface area contributed by atoms with Crippen LogP contribution in [0.2, 0.25) is 0 Å². The summed E-state index contributed by atoms with van der Waals surface area (Å²) in [5.74, 6) is -1.69. The van der Waals surface area contributed by atoms with Crippen LogP contribution >= 0.6 is 12.4 Å². The largest absolute Gasteiger partial charge is 0.481 e. The van der Waals surface area contributed by atoms with Gasteiger partial charge in [-0.05, 0) is 60.1 Å². The number of likely N-dealkylation sites (tertiary alicyclic amines) is 1. The summed E-state index contributed by atoms with van der Waals surface area (Å²) < 4.78 is 30.8. The molecule has 1 aromatic rings. The second kappa shape index (κ2) is 14.9. The average Bonchev–Trinajstić information content (AvgIpc) is 2.84. The van der Waals surface area contributed by atoms with Gasteiger partial charge in [0.2, 0.25) is 15.9 Å². The van der Waals surface area contributed by atoms with Gasteiger partial charge in [-0.2, -0.15) is 4.72 Å². The van der Waals surface area contributed by atoms with Crippen LogP contribution in [0.15, 0.2) is 22.0 Å². The number of halogens is 1. The zero-order chi connectivity index (χ0) is 28.8. The van der Waals surface area contributed by atoms with E-state index in [9.17, 15) is 23.1 Å². The first-order valence-electron chi connectivity index (χ1n) is 13.4. The highest BCUT2D eigenvalue weighted by molar-refractivity contribution is 7.89. The number of sulfonamides is 1. The quantitative estimate of drug-likeness (QED) is 0.165. The number of rotatable bonds is 12. The number of benzene rings is 1. The Bertz CT molecular complexity index is 1100. The van der Waals surface area contributed by atoms with Gasteiger partial charge in [0.25, 0.3) is 0 Å². The van der Waals surface area contributed by atoms with E-state index in [4.69, 9.17) is 11.5 Å². The number of aliphatic imine (C=N–C) groups is 1. The minimum absolute atomic E-state index is 0. The average molecular weight is 588 g/mol. The Labute approximate surface area is 239 Å². The molecule has 6 N–H and O–H groups in total. The van der Waals surface area contributed by atoms with Crippen LogP contribution in [0.25, 0.3) is 0 Å². The van der Waals surface area contributed by atoms with E-state index in [-0.39, 0.29) is 73.0 Å². The summed E-state index contributed by atoms with van der Waals surface area (Å²) in [6.45, 7) is 12.8. The van der Waals surface area contributed by atoms with Crippen molar-refractivity contribution < 1.29 is 23.1 Å². The maximum Gasteiger partial charge on any atom is 0.306 e. The summed E-state index contributed by atoms with van der Waals surface area (Å²) in [5, 5.41) is 9.31. The molecule has 0 radical (unpaired) electrons. The molecule has 12 heteroatoms. The molecule has 0 aromatic heterocycles. The Hall–Kier alpha value is -2.37. The predicted molar refractivity (Wildman–Crippen MR) is 157 cm³/mol. The van der Waals surface area contributed by atoms with E-state index in [1.165, 1.54) is 0 Å². The van der Waals surface area contributed by atoms with Gasteiger partial charge < -0.3 is 21.5 Å². The Morgan fingerprint density at radius 2 is 1.54 bits per heavy atom. The van der Waals surface area contributed by atoms with Crippen molar-refractivity contribution in [1.82, 2.24) is 9.62 Å². The van der Waals surface area contributed by atoms with Gasteiger partial charge in [0.1, 0.15) is 6.04 Å². The molecule has 1 aliphatic rings. The third kappa shape index (κ3) is 9.36. The fourth-order valence-electron chi connectivity index (χ4n) is 4.75. The van der Waals surface area contributed by atoms with Crippen LogP contribution in [0.4, 0.5) is 0 Å². The van der Waals surface area contributed by atoms with Crippen molar-refractivity contribution in [2.75, 3.05) is 19.6 Å². The van der Waals surface area contributed by atoms with Crippen LogP contribution in [-0.2, 0) is 19.6 Å². The number of nitrogens with one attached hydrogen (secondary N) is 1. The van der Waals surface area contributed by atoms with Crippen LogP contribution in [0.3, 0.4) is 0 Å². The molecular weight excluding hydrogens is 542 g/mol. The molecule has 1 aliphatic heterocycles. The number of nitrogens with zero attached hydrogens (tertiary/aromatic N) is 2. The van der Waals surface area contributed by atoms with Crippen molar-refractivity contribution in [2.24, 2.45) is 22.4 Å². The molecule has 0 saturated carbocycles. The first kappa shape index (κ1) is 34.7. The molecule has 0 spiro atoms. The van der Waals surface area contributed by atoms with Crippen LogP contribution in [-0.4, -0.2) is 61.9 Å². The number of guanidine groups is 1. The topological polar surface area (TPSA) is 168 Å². The number of aliphatic carboxylic acids is 1. The Morgan fingerprint density at radius 3 is 1.95 bits per heavy atom. The summed E-state index contributed by atoms with van der Waals surface area (Å²) in [4.78, 5) is 30.7. The van der Waals surface area contributed by atoms with Crippen molar-refractivity contribution in [3.05, 3.63) is 28.8 Å². The lowest BCUT2D eigenvalue weighted by Gasteiger charge is -2.33. The second-order valence-corrected chi connectivity index (χ2v) is 12.7. The number of carbonyl (C=O) groups excluding carboxylic acids is 1. The Balaban J connectivity index is 0.00000760. The molecule has 39 heavy (non-hydrogen) atoms. The number of hydrogen-bond acceptors (Lipinski definition) is 5. The van der Waals surface area contributed by atoms with Gasteiger partial charge in [0.15, 0.2) is 5.96 Å². The van der Waals surface area contributed by atoms with Crippen molar-refractivity contribution in [3.63, 3.8) is 0 Å². The molecule has 1 saturated heterocycles. The molecule has 1 aromatic carbocycles. The number of carbonyl (C=O) groups is 2. The van der Waals surface area contributed by atoms with Gasteiger partial charge in [-0.15, -0.1) is 12.4 Å². The fraction of sp³-hybridized carbons (Fsp3) is 0.667. The van der Waals surface area contributed by atoms with Gasteiger partial charge in [-0.1, -0.05) is 53.7 Å². The molecule has 1 unspecified atom stereocenters. The Morgan fingerprint density at radius 1 is 1.03 bits per heavy atom. The van der Waals surface area contributed by atoms with Crippen molar-refractivity contribution in [1.29, 1.82) is 0 Å². The molecule has 1 amide bonds. The van der Waals surface area contributed by atoms with Crippen molar-refractivity contribution >= 4 is 40.3 Å². The minimum Gasteiger partial charge on any atom is -0.481 e. The smallest absolute Gasteiger partial charge is 0.306 e. The fourth-order valence-corrected chi connectivity index (χ4v) is 6.67. The van der Waals surface area contributed by atoms with Crippen LogP contribution in [0, 0.1) is 5.92 Å². The highest BCUT2D eigenvalue weighted by atomic mass is 35.5. The van der Waals surface area contributed by atoms with E-state index >= 15 is 0 Å². The first-order valence-corrected chi connectivity index (χ1v) is 14.9. The zero-order valence-electron chi connectivity index (χ0n) is 23.9. The highest BCUT2D eigenvalue weighted by Gasteiger charge is 2.35. The molecule has 1 atom stereocenters. The maximum absolute atomic E-state index is 14.0. The van der Waals surface area contributed by atoms with Gasteiger partial charge in [0.05, 0.1) is 10.8 Å². The number of carboxylic acids is 1. The van der Waals surface area contributed by atoms with Gasteiger partial charge in [-0.25, -0.2) is 8.42 Å². The SMILES string of the molecule is CC(C)c1cc(C(C)C)c(S(=O)(=O)NC(CCCN=C(N)N)C(=O)N2CCC(C(=O)O)CC2)c(C(C)C)c1.Cl. The number of nitrogens with two attached hydrogens (primary N) is 2. The molecule has 1 heterocycles. The van der Waals surface area contributed by atoms with E-state index < -0.39 is 28.0 Å². The minimum atomic E-state index is -4.09. The lowest BCUT2D eigenvalue weighted by molar-refractivity contribution is -0.146. The Kier molecular flexibility index (Phi) is 13.2. The second-order valence-electron chi connectivity index (χ2n) is 11.1. The van der Waals surface area contributed by atoms with Crippen molar-refractivity contribution in [2.45, 2.75) is 95.9 Å². The predicted octanol–water partition coefficient (Wildman–Crippen LogP) is 3.50. The molecule has 1 fully saturated rings. The van der Waals surface area contributed by atoms with E-state index in [0.29, 0.717) is 19.3 Å². The first-order chi connectivity index (χ1) is 17.7. The van der Waals surface area contributed by atoms with E-state index in [0.717, 1.165) is 16.7 Å². The summed E-state index contributed by atoms with van der Waals surface area (Å²) >= 11 is 0. The van der Waals surface area contributed by atoms with Crippen LogP contribution < -0.4 is 16.2 Å². The van der Waals surface area contributed by atoms with E-state index in [1.54, 1.807) is 4.90 Å². The number of amides is 1. The molecular formula is C27H46ClN5O5S. The zero-order valence-corrected chi connectivity index (χ0v) is 25.6. The maximum atomic E-state index is 14.0. The summed E-state index contributed by atoms with van der Waals surface area (Å²) in [6, 6.07) is 2.89. The molecule has 222 valence electrons. The number of carboxylic acid groups (broad SMARTS) is 1. The third-order valence-corrected chi connectivity index (χ3v) is 8.65. The summed E-state index contributed by atoms with van der Waals surface area (Å²) in [6.07, 6.45) is 1.26. The lowest BCUT2D eigenvalue weighted by Crippen LogP contribution is -2.51. The lowest BCUT2D eigenvalue weighted by atomic mass is 9.89. The monoisotopic (exact) mass is 587 g/mol. The van der Waals surface area contributed by atoms with Gasteiger partial charge in [-0.3, -0.25) is 14.6 Å². The molecule has 0 aliphatic carbocycles. The number of hydrogen-bond donors (Lipinski definition) is 4. The molecule has 10 nitrogen and oxygen atoms in total. The third-order valence-electron chi connectivity index (χ3n) is 7.04. The van der Waals surface area contributed by atoms with E-state index in [1.807, 2.05) is 39.8 Å². The molecule has 0 bridgehead atoms. The van der Waals surface area contributed by atoms with Gasteiger partial charge in [0, 0.05) is 19.6 Å². The van der Waals surface area contributed by atoms with Crippen LogP contribution in [0.1, 0.15) is 102 Å². The number of piperidine rings is 1. The molecule has 2 rings (SSSR count). The summed E-state index contributed by atoms with van der Waals surface area (Å²) in [5.41, 5.74) is 13.4. The highest BCUT2D eigenvalue weighted by Crippen LogP contribution is 2.35. The normalized spacial score (nSPS) is 15.4. The van der Waals surface area contributed by atoms with Crippen molar-refractivity contribution in [3.8, 4) is 0 Å². The summed E-state index contributed by atoms with van der Waals surface area (Å²) in [7, 11) is -4.09. The van der Waals surface area contributed by atoms with Gasteiger partial charge >= 0.3 is 5.97 Å². The standard InChI is InChI=1S/C27H45N5O5S.ClH/c1-16(2)20-14-21(17(3)4)24(22(15-20)18(5)6)38(36,37)31-23(8-7-11-30-27(28)29)25(33)32-12-9-19(10-13-32)26(34)35;/h14-19,23,31H,7-13H2,1-6H3,(H,34,35)(H4,28,29,30);1H.